The highest BCUT2D eigenvalue weighted by molar-refractivity contribution is 7.16. The highest BCUT2D eigenvalue weighted by atomic mass is 35.5. The molecule has 1 nitrogen and oxygen atoms in total. The molecule has 0 aliphatic carbocycles. The second-order valence-corrected chi connectivity index (χ2v) is 5.10. The van der Waals surface area contributed by atoms with Crippen molar-refractivity contribution in [3.8, 4) is 11.3 Å². The number of halogens is 2. The Morgan fingerprint density at radius 3 is 2.29 bits per heavy atom. The number of aryl methyl sites for hydroxylation is 1. The highest BCUT2D eigenvalue weighted by Crippen LogP contribution is 2.30. The Morgan fingerprint density at radius 2 is 1.79 bits per heavy atom. The van der Waals surface area contributed by atoms with Gasteiger partial charge in [0, 0.05) is 15.5 Å². The minimum atomic E-state index is 0.576. The third-order valence-electron chi connectivity index (χ3n) is 1.89. The largest absolute Gasteiger partial charge is 0.225 e. The van der Waals surface area contributed by atoms with E-state index in [-0.39, 0.29) is 0 Å². The molecule has 0 bridgehead atoms. The SMILES string of the molecule is Cc1sc(Cl)nc1-c1ccc(Cl)cc1. The van der Waals surface area contributed by atoms with Crippen LogP contribution < -0.4 is 0 Å². The van der Waals surface area contributed by atoms with Crippen LogP contribution in [0.25, 0.3) is 11.3 Å². The van der Waals surface area contributed by atoms with E-state index in [1.54, 1.807) is 0 Å². The first-order valence-corrected chi connectivity index (χ1v) is 5.63. The molecule has 2 aromatic rings. The van der Waals surface area contributed by atoms with Gasteiger partial charge in [0.1, 0.15) is 0 Å². The van der Waals surface area contributed by atoms with Crippen molar-refractivity contribution in [2.24, 2.45) is 0 Å². The van der Waals surface area contributed by atoms with Crippen molar-refractivity contribution < 1.29 is 0 Å². The molecular weight excluding hydrogens is 237 g/mol. The van der Waals surface area contributed by atoms with Gasteiger partial charge in [-0.05, 0) is 19.1 Å². The second kappa shape index (κ2) is 3.89. The van der Waals surface area contributed by atoms with E-state index in [4.69, 9.17) is 23.2 Å². The molecule has 1 aromatic carbocycles. The highest BCUT2D eigenvalue weighted by Gasteiger charge is 2.07. The Kier molecular flexibility index (Phi) is 2.77. The molecule has 0 aliphatic heterocycles. The van der Waals surface area contributed by atoms with E-state index in [1.807, 2.05) is 31.2 Å². The van der Waals surface area contributed by atoms with Crippen LogP contribution in [0.4, 0.5) is 0 Å². The molecule has 0 spiro atoms. The standard InChI is InChI=1S/C10H7Cl2NS/c1-6-9(13-10(12)14-6)7-2-4-8(11)5-3-7/h2-5H,1H3. The Balaban J connectivity index is 2.49. The van der Waals surface area contributed by atoms with E-state index in [0.717, 1.165) is 21.2 Å². The van der Waals surface area contributed by atoms with Crippen LogP contribution >= 0.6 is 34.5 Å². The van der Waals surface area contributed by atoms with Gasteiger partial charge in [-0.25, -0.2) is 4.98 Å². The number of rotatable bonds is 1. The quantitative estimate of drug-likeness (QED) is 0.723. The molecule has 0 radical (unpaired) electrons. The first-order chi connectivity index (χ1) is 6.66. The molecule has 0 atom stereocenters. The summed E-state index contributed by atoms with van der Waals surface area (Å²) >= 11 is 13.1. The van der Waals surface area contributed by atoms with Gasteiger partial charge in [0.25, 0.3) is 0 Å². The van der Waals surface area contributed by atoms with Crippen LogP contribution in [0, 0.1) is 6.92 Å². The van der Waals surface area contributed by atoms with Crippen LogP contribution in [0.1, 0.15) is 4.88 Å². The van der Waals surface area contributed by atoms with Crippen molar-refractivity contribution in [2.45, 2.75) is 6.92 Å². The van der Waals surface area contributed by atoms with Gasteiger partial charge >= 0.3 is 0 Å². The molecule has 0 N–H and O–H groups in total. The monoisotopic (exact) mass is 243 g/mol. The molecule has 0 saturated heterocycles. The minimum Gasteiger partial charge on any atom is -0.225 e. The lowest BCUT2D eigenvalue weighted by molar-refractivity contribution is 1.38. The van der Waals surface area contributed by atoms with E-state index >= 15 is 0 Å². The van der Waals surface area contributed by atoms with Crippen LogP contribution in [0.3, 0.4) is 0 Å². The zero-order chi connectivity index (χ0) is 10.1. The summed E-state index contributed by atoms with van der Waals surface area (Å²) in [6, 6.07) is 7.59. The van der Waals surface area contributed by atoms with E-state index < -0.39 is 0 Å². The van der Waals surface area contributed by atoms with Crippen molar-refractivity contribution in [3.05, 3.63) is 38.6 Å². The number of benzene rings is 1. The summed E-state index contributed by atoms with van der Waals surface area (Å²) < 4.78 is 0.576. The van der Waals surface area contributed by atoms with Crippen molar-refractivity contribution in [2.75, 3.05) is 0 Å². The Hall–Kier alpha value is -0.570. The van der Waals surface area contributed by atoms with E-state index in [0.29, 0.717) is 4.47 Å². The van der Waals surface area contributed by atoms with Gasteiger partial charge in [0.2, 0.25) is 0 Å². The van der Waals surface area contributed by atoms with Gasteiger partial charge in [-0.3, -0.25) is 0 Å². The van der Waals surface area contributed by atoms with Gasteiger partial charge in [-0.2, -0.15) is 0 Å². The first-order valence-electron chi connectivity index (χ1n) is 4.05. The average Bonchev–Trinajstić information content (AvgIpc) is 2.47. The van der Waals surface area contributed by atoms with Gasteiger partial charge in [0.05, 0.1) is 5.69 Å². The molecule has 0 fully saturated rings. The van der Waals surface area contributed by atoms with Gasteiger partial charge in [-0.1, -0.05) is 35.3 Å². The third kappa shape index (κ3) is 1.92. The van der Waals surface area contributed by atoms with Gasteiger partial charge in [-0.15, -0.1) is 11.3 Å². The minimum absolute atomic E-state index is 0.576. The number of nitrogens with zero attached hydrogens (tertiary/aromatic N) is 1. The fraction of sp³-hybridized carbons (Fsp3) is 0.100. The molecule has 2 rings (SSSR count). The summed E-state index contributed by atoms with van der Waals surface area (Å²) in [4.78, 5) is 5.37. The predicted molar refractivity (Wildman–Crippen MR) is 62.3 cm³/mol. The van der Waals surface area contributed by atoms with Crippen LogP contribution in [0.5, 0.6) is 0 Å². The maximum Gasteiger partial charge on any atom is 0.184 e. The third-order valence-corrected chi connectivity index (χ3v) is 3.22. The maximum atomic E-state index is 5.83. The number of aromatic nitrogens is 1. The molecule has 0 unspecified atom stereocenters. The maximum absolute atomic E-state index is 5.83. The number of thiazole rings is 1. The Bertz CT molecular complexity index is 448. The smallest absolute Gasteiger partial charge is 0.184 e. The van der Waals surface area contributed by atoms with E-state index in [2.05, 4.69) is 4.98 Å². The van der Waals surface area contributed by atoms with Crippen molar-refractivity contribution >= 4 is 34.5 Å². The second-order valence-electron chi connectivity index (χ2n) is 2.88. The molecule has 72 valence electrons. The zero-order valence-corrected chi connectivity index (χ0v) is 9.75. The fourth-order valence-corrected chi connectivity index (χ4v) is 2.45. The van der Waals surface area contributed by atoms with Gasteiger partial charge < -0.3 is 0 Å². The number of hydrogen-bond acceptors (Lipinski definition) is 2. The Labute approximate surface area is 96.3 Å². The normalized spacial score (nSPS) is 10.5. The van der Waals surface area contributed by atoms with E-state index in [1.165, 1.54) is 11.3 Å². The summed E-state index contributed by atoms with van der Waals surface area (Å²) in [5.41, 5.74) is 1.99. The molecule has 0 saturated carbocycles. The van der Waals surface area contributed by atoms with Gasteiger partial charge in [0.15, 0.2) is 4.47 Å². The molecule has 4 heteroatoms. The van der Waals surface area contributed by atoms with Crippen molar-refractivity contribution in [3.63, 3.8) is 0 Å². The fourth-order valence-electron chi connectivity index (χ4n) is 1.24. The lowest BCUT2D eigenvalue weighted by atomic mass is 10.1. The molecule has 1 heterocycles. The predicted octanol–water partition coefficient (Wildman–Crippen LogP) is 4.43. The molecule has 0 aliphatic rings. The summed E-state index contributed by atoms with van der Waals surface area (Å²) in [7, 11) is 0. The van der Waals surface area contributed by atoms with Crippen molar-refractivity contribution in [1.29, 1.82) is 0 Å². The first kappa shape index (κ1) is 9.97. The Morgan fingerprint density at radius 1 is 1.14 bits per heavy atom. The topological polar surface area (TPSA) is 12.9 Å². The molecule has 14 heavy (non-hydrogen) atoms. The summed E-state index contributed by atoms with van der Waals surface area (Å²) in [6.45, 7) is 2.01. The van der Waals surface area contributed by atoms with E-state index in [9.17, 15) is 0 Å². The van der Waals surface area contributed by atoms with Crippen LogP contribution in [0.2, 0.25) is 9.49 Å². The van der Waals surface area contributed by atoms with Crippen LogP contribution in [0.15, 0.2) is 24.3 Å². The number of hydrogen-bond donors (Lipinski definition) is 0. The zero-order valence-electron chi connectivity index (χ0n) is 7.42. The summed E-state index contributed by atoms with van der Waals surface area (Å²) in [6.07, 6.45) is 0. The molecule has 1 aromatic heterocycles. The average molecular weight is 244 g/mol. The summed E-state index contributed by atoms with van der Waals surface area (Å²) in [5.74, 6) is 0. The lowest BCUT2D eigenvalue weighted by Gasteiger charge is -1.97. The van der Waals surface area contributed by atoms with Crippen molar-refractivity contribution in [1.82, 2.24) is 4.98 Å². The molecule has 0 amide bonds. The van der Waals surface area contributed by atoms with Crippen LogP contribution in [-0.2, 0) is 0 Å². The molecular formula is C10H7Cl2NS. The van der Waals surface area contributed by atoms with Crippen LogP contribution in [-0.4, -0.2) is 4.98 Å². The summed E-state index contributed by atoms with van der Waals surface area (Å²) in [5, 5.41) is 0.729. The lowest BCUT2D eigenvalue weighted by Crippen LogP contribution is -1.79.